The molecule has 0 radical (unpaired) electrons. The summed E-state index contributed by atoms with van der Waals surface area (Å²) in [4.78, 5) is 15.2. The molecule has 1 aliphatic heterocycles. The smallest absolute Gasteiger partial charge is 0.256 e. The summed E-state index contributed by atoms with van der Waals surface area (Å²) < 4.78 is 20.2. The van der Waals surface area contributed by atoms with Crippen LogP contribution in [0.1, 0.15) is 11.3 Å². The van der Waals surface area contributed by atoms with E-state index in [0.29, 0.717) is 16.8 Å². The number of fused-ring (bicyclic) bond motifs is 1. The van der Waals surface area contributed by atoms with Crippen LogP contribution >= 0.6 is 0 Å². The molecule has 0 fully saturated rings. The van der Waals surface area contributed by atoms with Gasteiger partial charge in [-0.05, 0) is 36.4 Å². The zero-order valence-corrected chi connectivity index (χ0v) is 10.5. The number of benzene rings is 1. The topological polar surface area (TPSA) is 82.2 Å². The van der Waals surface area contributed by atoms with E-state index in [0.717, 1.165) is 5.69 Å². The average molecular weight is 274 g/mol. The molecule has 0 bridgehead atoms. The summed E-state index contributed by atoms with van der Waals surface area (Å²) in [5.74, 6) is -0.217. The molecular weight excluding hydrogens is 264 g/mol. The van der Waals surface area contributed by atoms with Crippen LogP contribution in [-0.4, -0.2) is 19.7 Å². The molecule has 2 aromatic rings. The highest BCUT2D eigenvalue weighted by atomic mass is 32.2. The quantitative estimate of drug-likeness (QED) is 0.579. The van der Waals surface area contributed by atoms with Crippen LogP contribution in [0, 0.1) is 0 Å². The number of nitrogens with one attached hydrogen (secondary N) is 2. The van der Waals surface area contributed by atoms with Crippen molar-refractivity contribution in [3.63, 3.8) is 0 Å². The zero-order chi connectivity index (χ0) is 13.4. The SMILES string of the molecule is O=C1Nc2ccc(S(=O)O)cc2C1=Cc1ccc[nH]1. The van der Waals surface area contributed by atoms with Gasteiger partial charge in [-0.25, -0.2) is 4.21 Å². The molecule has 19 heavy (non-hydrogen) atoms. The maximum atomic E-state index is 11.9. The Balaban J connectivity index is 2.12. The number of H-pyrrole nitrogens is 1. The Hall–Kier alpha value is -2.18. The maximum Gasteiger partial charge on any atom is 0.256 e. The normalized spacial score (nSPS) is 17.3. The van der Waals surface area contributed by atoms with E-state index in [1.807, 2.05) is 12.1 Å². The Labute approximate surface area is 111 Å². The summed E-state index contributed by atoms with van der Waals surface area (Å²) in [7, 11) is 0. The summed E-state index contributed by atoms with van der Waals surface area (Å²) in [5, 5.41) is 2.72. The van der Waals surface area contributed by atoms with Gasteiger partial charge < -0.3 is 14.9 Å². The van der Waals surface area contributed by atoms with Gasteiger partial charge in [0.2, 0.25) is 0 Å². The Morgan fingerprint density at radius 2 is 2.11 bits per heavy atom. The molecule has 0 saturated heterocycles. The second kappa shape index (κ2) is 4.49. The van der Waals surface area contributed by atoms with Crippen molar-refractivity contribution in [3.8, 4) is 0 Å². The molecule has 1 aliphatic rings. The molecule has 2 heterocycles. The van der Waals surface area contributed by atoms with Gasteiger partial charge in [0.15, 0.2) is 11.1 Å². The van der Waals surface area contributed by atoms with Crippen LogP contribution in [0.25, 0.3) is 11.6 Å². The van der Waals surface area contributed by atoms with Crippen LogP contribution < -0.4 is 5.32 Å². The molecule has 1 atom stereocenters. The molecule has 3 rings (SSSR count). The number of anilines is 1. The number of carbonyl (C=O) groups is 1. The van der Waals surface area contributed by atoms with E-state index in [9.17, 15) is 9.00 Å². The minimum Gasteiger partial charge on any atom is -0.362 e. The first-order chi connectivity index (χ1) is 9.15. The Morgan fingerprint density at radius 3 is 2.79 bits per heavy atom. The van der Waals surface area contributed by atoms with Crippen molar-refractivity contribution in [1.82, 2.24) is 4.98 Å². The average Bonchev–Trinajstić information content (AvgIpc) is 2.98. The number of hydrogen-bond acceptors (Lipinski definition) is 2. The van der Waals surface area contributed by atoms with E-state index in [1.165, 1.54) is 6.07 Å². The summed E-state index contributed by atoms with van der Waals surface area (Å²) in [5.41, 5.74) is 2.56. The minimum absolute atomic E-state index is 0.217. The predicted octanol–water partition coefficient (Wildman–Crippen LogP) is 2.09. The number of aromatic amines is 1. The lowest BCUT2D eigenvalue weighted by molar-refractivity contribution is -0.110. The van der Waals surface area contributed by atoms with Crippen LogP contribution in [-0.2, 0) is 15.9 Å². The Morgan fingerprint density at radius 1 is 1.26 bits per heavy atom. The molecular formula is C13H10N2O3S. The first kappa shape index (κ1) is 11.9. The first-order valence-corrected chi connectivity index (χ1v) is 6.67. The maximum absolute atomic E-state index is 11.9. The molecule has 1 aromatic heterocycles. The van der Waals surface area contributed by atoms with E-state index >= 15 is 0 Å². The molecule has 1 unspecified atom stereocenters. The minimum atomic E-state index is -2.06. The van der Waals surface area contributed by atoms with E-state index < -0.39 is 11.1 Å². The Bertz CT molecular complexity index is 705. The molecule has 0 saturated carbocycles. The van der Waals surface area contributed by atoms with Crippen LogP contribution in [0.4, 0.5) is 5.69 Å². The van der Waals surface area contributed by atoms with Gasteiger partial charge in [-0.2, -0.15) is 0 Å². The van der Waals surface area contributed by atoms with Gasteiger partial charge in [-0.1, -0.05) is 0 Å². The summed E-state index contributed by atoms with van der Waals surface area (Å²) in [6, 6.07) is 8.38. The van der Waals surface area contributed by atoms with Gasteiger partial charge in [0, 0.05) is 23.1 Å². The number of rotatable bonds is 2. The number of carbonyl (C=O) groups excluding carboxylic acids is 1. The predicted molar refractivity (Wildman–Crippen MR) is 72.8 cm³/mol. The van der Waals surface area contributed by atoms with Crippen LogP contribution in [0.15, 0.2) is 41.4 Å². The van der Waals surface area contributed by atoms with E-state index in [1.54, 1.807) is 24.4 Å². The second-order valence-corrected chi connectivity index (χ2v) is 5.06. The lowest BCUT2D eigenvalue weighted by Gasteiger charge is -2.00. The highest BCUT2D eigenvalue weighted by molar-refractivity contribution is 7.79. The molecule has 0 aliphatic carbocycles. The third kappa shape index (κ3) is 2.11. The number of amides is 1. The molecule has 96 valence electrons. The van der Waals surface area contributed by atoms with Gasteiger partial charge in [0.05, 0.1) is 10.5 Å². The first-order valence-electron chi connectivity index (χ1n) is 5.57. The molecule has 1 amide bonds. The van der Waals surface area contributed by atoms with Crippen molar-refractivity contribution < 1.29 is 13.6 Å². The highest BCUT2D eigenvalue weighted by Crippen LogP contribution is 2.34. The van der Waals surface area contributed by atoms with E-state index in [4.69, 9.17) is 4.55 Å². The van der Waals surface area contributed by atoms with Crippen molar-refractivity contribution >= 4 is 34.3 Å². The fourth-order valence-corrected chi connectivity index (χ4v) is 2.41. The molecule has 0 spiro atoms. The monoisotopic (exact) mass is 274 g/mol. The van der Waals surface area contributed by atoms with Crippen LogP contribution in [0.2, 0.25) is 0 Å². The molecule has 1 aromatic carbocycles. The standard InChI is InChI=1S/C13H10N2O3S/c16-13-11(6-8-2-1-5-14-8)10-7-9(19(17)18)3-4-12(10)15-13/h1-7,14H,(H,15,16)(H,17,18). The van der Waals surface area contributed by atoms with Gasteiger partial charge in [-0.3, -0.25) is 4.79 Å². The van der Waals surface area contributed by atoms with Crippen molar-refractivity contribution in [2.24, 2.45) is 0 Å². The van der Waals surface area contributed by atoms with Crippen LogP contribution in [0.3, 0.4) is 0 Å². The fourth-order valence-electron chi connectivity index (χ4n) is 2.01. The lowest BCUT2D eigenvalue weighted by Crippen LogP contribution is -2.03. The van der Waals surface area contributed by atoms with Gasteiger partial charge >= 0.3 is 0 Å². The summed E-state index contributed by atoms with van der Waals surface area (Å²) in [6.45, 7) is 0. The largest absolute Gasteiger partial charge is 0.362 e. The van der Waals surface area contributed by atoms with Crippen molar-refractivity contribution in [2.45, 2.75) is 4.90 Å². The molecule has 3 N–H and O–H groups in total. The molecule has 5 nitrogen and oxygen atoms in total. The zero-order valence-electron chi connectivity index (χ0n) is 9.71. The van der Waals surface area contributed by atoms with E-state index in [-0.39, 0.29) is 10.8 Å². The summed E-state index contributed by atoms with van der Waals surface area (Å²) >= 11 is -2.06. The van der Waals surface area contributed by atoms with Gasteiger partial charge in [0.1, 0.15) is 0 Å². The van der Waals surface area contributed by atoms with Gasteiger partial charge in [-0.15, -0.1) is 0 Å². The van der Waals surface area contributed by atoms with Crippen molar-refractivity contribution in [3.05, 3.63) is 47.8 Å². The highest BCUT2D eigenvalue weighted by Gasteiger charge is 2.24. The van der Waals surface area contributed by atoms with Crippen molar-refractivity contribution in [2.75, 3.05) is 5.32 Å². The fraction of sp³-hybridized carbons (Fsp3) is 0. The van der Waals surface area contributed by atoms with Crippen LogP contribution in [0.5, 0.6) is 0 Å². The lowest BCUT2D eigenvalue weighted by atomic mass is 10.1. The number of hydrogen-bond donors (Lipinski definition) is 3. The van der Waals surface area contributed by atoms with Crippen molar-refractivity contribution in [1.29, 1.82) is 0 Å². The number of aromatic nitrogens is 1. The van der Waals surface area contributed by atoms with Gasteiger partial charge in [0.25, 0.3) is 5.91 Å². The van der Waals surface area contributed by atoms with E-state index in [2.05, 4.69) is 10.3 Å². The molecule has 6 heteroatoms. The Kier molecular flexibility index (Phi) is 2.81. The second-order valence-electron chi connectivity index (χ2n) is 4.09. The summed E-state index contributed by atoms with van der Waals surface area (Å²) in [6.07, 6.45) is 3.48. The third-order valence-electron chi connectivity index (χ3n) is 2.90. The third-order valence-corrected chi connectivity index (χ3v) is 3.55.